The van der Waals surface area contributed by atoms with E-state index in [2.05, 4.69) is 49.6 Å². The zero-order chi connectivity index (χ0) is 12.3. The first-order valence-corrected chi connectivity index (χ1v) is 6.72. The fourth-order valence-corrected chi connectivity index (χ4v) is 2.68. The van der Waals surface area contributed by atoms with Gasteiger partial charge >= 0.3 is 0 Å². The smallest absolute Gasteiger partial charge is 0.0594 e. The highest BCUT2D eigenvalue weighted by molar-refractivity contribution is 7.80. The fourth-order valence-electron chi connectivity index (χ4n) is 2.31. The number of aryl methyl sites for hydroxylation is 1. The first-order chi connectivity index (χ1) is 8.16. The molecule has 2 nitrogen and oxygen atoms in total. The molecule has 1 aromatic rings. The molecule has 3 heteroatoms. The summed E-state index contributed by atoms with van der Waals surface area (Å²) in [5, 5.41) is 0. The maximum absolute atomic E-state index is 5.38. The van der Waals surface area contributed by atoms with Gasteiger partial charge in [-0.05, 0) is 31.9 Å². The first-order valence-electron chi connectivity index (χ1n) is 6.27. The number of nitrogens with zero attached hydrogens (tertiary/aromatic N) is 1. The van der Waals surface area contributed by atoms with Gasteiger partial charge in [0.15, 0.2) is 0 Å². The molecule has 1 heterocycles. The third-order valence-electron chi connectivity index (χ3n) is 3.43. The Morgan fingerprint density at radius 2 is 2.06 bits per heavy atom. The van der Waals surface area contributed by atoms with Crippen LogP contribution in [0, 0.1) is 6.92 Å². The van der Waals surface area contributed by atoms with Crippen LogP contribution in [0.15, 0.2) is 23.1 Å². The molecule has 1 aromatic carbocycles. The van der Waals surface area contributed by atoms with Crippen LogP contribution in [0.25, 0.3) is 0 Å². The summed E-state index contributed by atoms with van der Waals surface area (Å²) in [4.78, 5) is 3.61. The zero-order valence-electron chi connectivity index (χ0n) is 10.6. The number of morpholine rings is 1. The molecule has 0 spiro atoms. The quantitative estimate of drug-likeness (QED) is 0.829. The summed E-state index contributed by atoms with van der Waals surface area (Å²) in [5.74, 6) is 0. The predicted molar refractivity (Wildman–Crippen MR) is 74.0 cm³/mol. The lowest BCUT2D eigenvalue weighted by molar-refractivity contribution is 0.0202. The van der Waals surface area contributed by atoms with E-state index in [-0.39, 0.29) is 0 Å². The largest absolute Gasteiger partial charge is 0.379 e. The minimum atomic E-state index is 0.563. The molecule has 0 aromatic heterocycles. The molecule has 1 fully saturated rings. The molecule has 0 saturated carbocycles. The monoisotopic (exact) mass is 251 g/mol. The topological polar surface area (TPSA) is 12.5 Å². The second-order valence-corrected chi connectivity index (χ2v) is 5.32. The Balaban J connectivity index is 1.99. The number of hydrogen-bond acceptors (Lipinski definition) is 3. The van der Waals surface area contributed by atoms with Crippen molar-refractivity contribution in [3.8, 4) is 0 Å². The van der Waals surface area contributed by atoms with E-state index in [4.69, 9.17) is 4.74 Å². The molecule has 1 aliphatic heterocycles. The highest BCUT2D eigenvalue weighted by atomic mass is 32.1. The molecule has 1 saturated heterocycles. The van der Waals surface area contributed by atoms with Crippen molar-refractivity contribution in [1.29, 1.82) is 0 Å². The lowest BCUT2D eigenvalue weighted by Gasteiger charge is -2.32. The van der Waals surface area contributed by atoms with Gasteiger partial charge in [-0.1, -0.05) is 17.7 Å². The molecular formula is C14H21NOS. The van der Waals surface area contributed by atoms with E-state index in [0.717, 1.165) is 37.6 Å². The molecule has 94 valence electrons. The van der Waals surface area contributed by atoms with E-state index in [0.29, 0.717) is 6.04 Å². The van der Waals surface area contributed by atoms with Crippen molar-refractivity contribution >= 4 is 12.6 Å². The third-order valence-corrected chi connectivity index (χ3v) is 3.84. The summed E-state index contributed by atoms with van der Waals surface area (Å²) in [6, 6.07) is 7.08. The van der Waals surface area contributed by atoms with E-state index in [1.54, 1.807) is 0 Å². The van der Waals surface area contributed by atoms with Gasteiger partial charge in [-0.2, -0.15) is 0 Å². The average molecular weight is 251 g/mol. The Kier molecular flexibility index (Phi) is 4.48. The minimum absolute atomic E-state index is 0.563. The molecule has 0 bridgehead atoms. The molecule has 1 unspecified atom stereocenters. The maximum Gasteiger partial charge on any atom is 0.0594 e. The Morgan fingerprint density at radius 3 is 2.71 bits per heavy atom. The molecule has 0 radical (unpaired) electrons. The van der Waals surface area contributed by atoms with Crippen LogP contribution >= 0.6 is 12.6 Å². The Hall–Kier alpha value is -0.510. The van der Waals surface area contributed by atoms with Crippen molar-refractivity contribution in [1.82, 2.24) is 4.90 Å². The molecule has 17 heavy (non-hydrogen) atoms. The SMILES string of the molecule is Cc1ccc(CC(C)N2CCOCC2)c(S)c1. The van der Waals surface area contributed by atoms with Gasteiger partial charge < -0.3 is 4.74 Å². The maximum atomic E-state index is 5.38. The van der Waals surface area contributed by atoms with Crippen molar-refractivity contribution in [3.05, 3.63) is 29.3 Å². The summed E-state index contributed by atoms with van der Waals surface area (Å²) in [6.07, 6.45) is 1.07. The van der Waals surface area contributed by atoms with Gasteiger partial charge in [0.1, 0.15) is 0 Å². The summed E-state index contributed by atoms with van der Waals surface area (Å²) < 4.78 is 5.38. The van der Waals surface area contributed by atoms with Gasteiger partial charge in [0.2, 0.25) is 0 Å². The molecule has 0 N–H and O–H groups in total. The van der Waals surface area contributed by atoms with Crippen molar-refractivity contribution < 1.29 is 4.74 Å². The van der Waals surface area contributed by atoms with Gasteiger partial charge in [0.25, 0.3) is 0 Å². The van der Waals surface area contributed by atoms with E-state index >= 15 is 0 Å². The predicted octanol–water partition coefficient (Wildman–Crippen LogP) is 2.55. The number of ether oxygens (including phenoxy) is 1. The highest BCUT2D eigenvalue weighted by Gasteiger charge is 2.17. The van der Waals surface area contributed by atoms with Gasteiger partial charge in [0.05, 0.1) is 13.2 Å². The second kappa shape index (κ2) is 5.89. The van der Waals surface area contributed by atoms with E-state index in [1.807, 2.05) is 0 Å². The van der Waals surface area contributed by atoms with E-state index in [9.17, 15) is 0 Å². The Morgan fingerprint density at radius 1 is 1.35 bits per heavy atom. The zero-order valence-corrected chi connectivity index (χ0v) is 11.5. The number of thiol groups is 1. The summed E-state index contributed by atoms with van der Waals surface area (Å²) in [6.45, 7) is 8.23. The summed E-state index contributed by atoms with van der Waals surface area (Å²) in [7, 11) is 0. The van der Waals surface area contributed by atoms with E-state index in [1.165, 1.54) is 11.1 Å². The van der Waals surface area contributed by atoms with Crippen molar-refractivity contribution in [2.24, 2.45) is 0 Å². The normalized spacial score (nSPS) is 19.2. The number of rotatable bonds is 3. The Bertz CT molecular complexity index is 374. The van der Waals surface area contributed by atoms with Crippen molar-refractivity contribution in [2.45, 2.75) is 31.2 Å². The molecule has 0 amide bonds. The average Bonchev–Trinajstić information content (AvgIpc) is 2.34. The minimum Gasteiger partial charge on any atom is -0.379 e. The lowest BCUT2D eigenvalue weighted by Crippen LogP contribution is -2.43. The fraction of sp³-hybridized carbons (Fsp3) is 0.571. The summed E-state index contributed by atoms with van der Waals surface area (Å²) >= 11 is 4.56. The van der Waals surface area contributed by atoms with Crippen LogP contribution in [0.3, 0.4) is 0 Å². The molecular weight excluding hydrogens is 230 g/mol. The first kappa shape index (κ1) is 12.9. The van der Waals surface area contributed by atoms with Crippen LogP contribution in [0.1, 0.15) is 18.1 Å². The third kappa shape index (κ3) is 3.47. The number of benzene rings is 1. The van der Waals surface area contributed by atoms with Gasteiger partial charge in [-0.3, -0.25) is 4.90 Å². The van der Waals surface area contributed by atoms with E-state index < -0.39 is 0 Å². The van der Waals surface area contributed by atoms with Crippen LogP contribution in [0.5, 0.6) is 0 Å². The van der Waals surface area contributed by atoms with Crippen molar-refractivity contribution in [3.63, 3.8) is 0 Å². The van der Waals surface area contributed by atoms with Crippen LogP contribution in [0.2, 0.25) is 0 Å². The van der Waals surface area contributed by atoms with Gasteiger partial charge in [-0.25, -0.2) is 0 Å². The summed E-state index contributed by atoms with van der Waals surface area (Å²) in [5.41, 5.74) is 2.62. The van der Waals surface area contributed by atoms with Crippen LogP contribution in [0.4, 0.5) is 0 Å². The van der Waals surface area contributed by atoms with Gasteiger partial charge in [0, 0.05) is 24.0 Å². The van der Waals surface area contributed by atoms with Crippen LogP contribution < -0.4 is 0 Å². The van der Waals surface area contributed by atoms with Crippen molar-refractivity contribution in [2.75, 3.05) is 26.3 Å². The molecule has 0 aliphatic carbocycles. The van der Waals surface area contributed by atoms with Crippen LogP contribution in [-0.2, 0) is 11.2 Å². The standard InChI is InChI=1S/C14H21NOS/c1-11-3-4-13(14(17)9-11)10-12(2)15-5-7-16-8-6-15/h3-4,9,12,17H,5-8,10H2,1-2H3. The Labute approximate surface area is 109 Å². The lowest BCUT2D eigenvalue weighted by atomic mass is 10.0. The second-order valence-electron chi connectivity index (χ2n) is 4.83. The molecule has 1 aliphatic rings. The number of hydrogen-bond donors (Lipinski definition) is 1. The molecule has 2 rings (SSSR count). The van der Waals surface area contributed by atoms with Gasteiger partial charge in [-0.15, -0.1) is 12.6 Å². The molecule has 1 atom stereocenters. The van der Waals surface area contributed by atoms with Crippen LogP contribution in [-0.4, -0.2) is 37.2 Å². The highest BCUT2D eigenvalue weighted by Crippen LogP contribution is 2.19.